The molecule has 0 aliphatic heterocycles. The highest BCUT2D eigenvalue weighted by atomic mass is 32.1. The van der Waals surface area contributed by atoms with Gasteiger partial charge < -0.3 is 9.84 Å². The van der Waals surface area contributed by atoms with Crippen molar-refractivity contribution in [2.45, 2.75) is 6.92 Å². The second-order valence-corrected chi connectivity index (χ2v) is 3.88. The zero-order valence-electron chi connectivity index (χ0n) is 8.85. The Kier molecular flexibility index (Phi) is 4.46. The lowest BCUT2D eigenvalue weighted by molar-refractivity contribution is -0.129. The summed E-state index contributed by atoms with van der Waals surface area (Å²) in [5.41, 5.74) is 4.20. The molecular formula is C9H10N2O5S. The molecule has 0 radical (unpaired) electrons. The summed E-state index contributed by atoms with van der Waals surface area (Å²) in [6, 6.07) is 1.32. The molecule has 1 aromatic rings. The number of rotatable bonds is 4. The van der Waals surface area contributed by atoms with Crippen molar-refractivity contribution in [3.63, 3.8) is 0 Å². The highest BCUT2D eigenvalue weighted by molar-refractivity contribution is 7.12. The number of ether oxygens (including phenoxy) is 1. The van der Waals surface area contributed by atoms with Crippen molar-refractivity contribution in [1.29, 1.82) is 0 Å². The molecule has 8 heteroatoms. The van der Waals surface area contributed by atoms with Crippen LogP contribution in [0.2, 0.25) is 0 Å². The number of hydrogen-bond donors (Lipinski definition) is 3. The van der Waals surface area contributed by atoms with Gasteiger partial charge in [-0.2, -0.15) is 0 Å². The predicted octanol–water partition coefficient (Wildman–Crippen LogP) is -0.00760. The van der Waals surface area contributed by atoms with Gasteiger partial charge in [-0.1, -0.05) is 0 Å². The van der Waals surface area contributed by atoms with Gasteiger partial charge in [0.1, 0.15) is 10.6 Å². The molecule has 2 amide bonds. The van der Waals surface area contributed by atoms with E-state index in [1.807, 2.05) is 0 Å². The first-order valence-corrected chi connectivity index (χ1v) is 5.37. The van der Waals surface area contributed by atoms with Crippen molar-refractivity contribution in [3.05, 3.63) is 16.3 Å². The SMILES string of the molecule is CC(=O)NNC(=O)COc1csc(C(=O)O)c1. The highest BCUT2D eigenvalue weighted by Crippen LogP contribution is 2.21. The fourth-order valence-corrected chi connectivity index (χ4v) is 1.51. The van der Waals surface area contributed by atoms with E-state index in [9.17, 15) is 14.4 Å². The van der Waals surface area contributed by atoms with Crippen LogP contribution in [0.1, 0.15) is 16.6 Å². The van der Waals surface area contributed by atoms with Crippen molar-refractivity contribution in [2.24, 2.45) is 0 Å². The Bertz CT molecular complexity index is 442. The zero-order valence-corrected chi connectivity index (χ0v) is 9.67. The van der Waals surface area contributed by atoms with E-state index in [4.69, 9.17) is 9.84 Å². The number of carboxylic acid groups (broad SMARTS) is 1. The van der Waals surface area contributed by atoms with Gasteiger partial charge in [0.25, 0.3) is 5.91 Å². The van der Waals surface area contributed by atoms with E-state index < -0.39 is 17.8 Å². The second-order valence-electron chi connectivity index (χ2n) is 2.97. The van der Waals surface area contributed by atoms with Crippen LogP contribution in [0.25, 0.3) is 0 Å². The molecule has 1 rings (SSSR count). The summed E-state index contributed by atoms with van der Waals surface area (Å²) in [6.45, 7) is 0.940. The van der Waals surface area contributed by atoms with Crippen LogP contribution in [0.5, 0.6) is 5.75 Å². The van der Waals surface area contributed by atoms with Gasteiger partial charge >= 0.3 is 5.97 Å². The second kappa shape index (κ2) is 5.85. The Labute approximate surface area is 100 Å². The maximum absolute atomic E-state index is 11.1. The van der Waals surface area contributed by atoms with E-state index in [0.717, 1.165) is 11.3 Å². The molecule has 0 atom stereocenters. The van der Waals surface area contributed by atoms with E-state index in [1.165, 1.54) is 18.4 Å². The quantitative estimate of drug-likeness (QED) is 0.659. The normalized spacial score (nSPS) is 9.47. The van der Waals surface area contributed by atoms with E-state index in [2.05, 4.69) is 10.9 Å². The molecule has 0 bridgehead atoms. The molecule has 0 fully saturated rings. The molecule has 92 valence electrons. The number of hydrazine groups is 1. The number of carbonyl (C=O) groups is 3. The molecule has 17 heavy (non-hydrogen) atoms. The summed E-state index contributed by atoms with van der Waals surface area (Å²) in [4.78, 5) is 32.3. The van der Waals surface area contributed by atoms with Crippen LogP contribution in [-0.4, -0.2) is 29.5 Å². The fourth-order valence-electron chi connectivity index (χ4n) is 0.849. The van der Waals surface area contributed by atoms with E-state index in [-0.39, 0.29) is 11.5 Å². The maximum Gasteiger partial charge on any atom is 0.346 e. The molecule has 1 heterocycles. The molecule has 1 aromatic heterocycles. The number of nitrogens with one attached hydrogen (secondary N) is 2. The van der Waals surface area contributed by atoms with Crippen LogP contribution < -0.4 is 15.6 Å². The minimum atomic E-state index is -1.05. The van der Waals surface area contributed by atoms with Crippen molar-refractivity contribution >= 4 is 29.1 Å². The summed E-state index contributed by atoms with van der Waals surface area (Å²) in [7, 11) is 0. The Morgan fingerprint density at radius 1 is 1.41 bits per heavy atom. The molecular weight excluding hydrogens is 248 g/mol. The van der Waals surface area contributed by atoms with Crippen LogP contribution in [0.15, 0.2) is 11.4 Å². The van der Waals surface area contributed by atoms with Gasteiger partial charge in [-0.25, -0.2) is 4.79 Å². The first-order valence-electron chi connectivity index (χ1n) is 4.49. The Morgan fingerprint density at radius 2 is 2.12 bits per heavy atom. The first kappa shape index (κ1) is 13.0. The molecule has 0 aliphatic rings. The molecule has 0 saturated heterocycles. The smallest absolute Gasteiger partial charge is 0.346 e. The number of amides is 2. The van der Waals surface area contributed by atoms with Gasteiger partial charge in [-0.15, -0.1) is 11.3 Å². The van der Waals surface area contributed by atoms with Crippen molar-refractivity contribution in [2.75, 3.05) is 6.61 Å². The van der Waals surface area contributed by atoms with Crippen LogP contribution in [0.3, 0.4) is 0 Å². The molecule has 0 saturated carbocycles. The van der Waals surface area contributed by atoms with Gasteiger partial charge in [0.2, 0.25) is 5.91 Å². The molecule has 0 spiro atoms. The average Bonchev–Trinajstić information content (AvgIpc) is 2.72. The van der Waals surface area contributed by atoms with Crippen LogP contribution in [0.4, 0.5) is 0 Å². The molecule has 0 aromatic carbocycles. The largest absolute Gasteiger partial charge is 0.483 e. The van der Waals surface area contributed by atoms with Gasteiger partial charge in [0.05, 0.1) is 0 Å². The summed E-state index contributed by atoms with van der Waals surface area (Å²) < 4.78 is 5.01. The first-order chi connectivity index (χ1) is 7.99. The molecule has 3 N–H and O–H groups in total. The summed E-state index contributed by atoms with van der Waals surface area (Å²) in [5.74, 6) is -1.69. The standard InChI is InChI=1S/C9H10N2O5S/c1-5(12)10-11-8(13)3-16-6-2-7(9(14)15)17-4-6/h2,4H,3H2,1H3,(H,10,12)(H,11,13)(H,14,15). The summed E-state index contributed by atoms with van der Waals surface area (Å²) >= 11 is 1.00. The van der Waals surface area contributed by atoms with Crippen molar-refractivity contribution < 1.29 is 24.2 Å². The Morgan fingerprint density at radius 3 is 2.65 bits per heavy atom. The zero-order chi connectivity index (χ0) is 12.8. The third-order valence-corrected chi connectivity index (χ3v) is 2.43. The Hall–Kier alpha value is -2.09. The van der Waals surface area contributed by atoms with Crippen LogP contribution in [0, 0.1) is 0 Å². The molecule has 0 unspecified atom stereocenters. The predicted molar refractivity (Wildman–Crippen MR) is 58.7 cm³/mol. The van der Waals surface area contributed by atoms with Gasteiger partial charge in [-0.3, -0.25) is 20.4 Å². The van der Waals surface area contributed by atoms with Crippen LogP contribution >= 0.6 is 11.3 Å². The summed E-state index contributed by atoms with van der Waals surface area (Å²) in [6.07, 6.45) is 0. The lowest BCUT2D eigenvalue weighted by atomic mass is 10.4. The highest BCUT2D eigenvalue weighted by Gasteiger charge is 2.09. The van der Waals surface area contributed by atoms with E-state index in [1.54, 1.807) is 0 Å². The third kappa shape index (κ3) is 4.51. The lowest BCUT2D eigenvalue weighted by Gasteiger charge is -2.05. The lowest BCUT2D eigenvalue weighted by Crippen LogP contribution is -2.42. The number of carboxylic acids is 1. The van der Waals surface area contributed by atoms with Crippen molar-refractivity contribution in [3.8, 4) is 5.75 Å². The topological polar surface area (TPSA) is 105 Å². The summed E-state index contributed by atoms with van der Waals surface area (Å²) in [5, 5.41) is 10.1. The third-order valence-electron chi connectivity index (χ3n) is 1.53. The van der Waals surface area contributed by atoms with E-state index >= 15 is 0 Å². The van der Waals surface area contributed by atoms with Crippen LogP contribution in [-0.2, 0) is 9.59 Å². The fraction of sp³-hybridized carbons (Fsp3) is 0.222. The van der Waals surface area contributed by atoms with Crippen molar-refractivity contribution in [1.82, 2.24) is 10.9 Å². The van der Waals surface area contributed by atoms with Gasteiger partial charge in [0.15, 0.2) is 6.61 Å². The number of carbonyl (C=O) groups excluding carboxylic acids is 2. The Balaban J connectivity index is 2.36. The molecule has 0 aliphatic carbocycles. The maximum atomic E-state index is 11.1. The molecule has 7 nitrogen and oxygen atoms in total. The van der Waals surface area contributed by atoms with E-state index in [0.29, 0.717) is 5.75 Å². The minimum absolute atomic E-state index is 0.127. The number of aromatic carboxylic acids is 1. The average molecular weight is 258 g/mol. The monoisotopic (exact) mass is 258 g/mol. The number of hydrogen-bond acceptors (Lipinski definition) is 5. The van der Waals surface area contributed by atoms with Gasteiger partial charge in [-0.05, 0) is 0 Å². The minimum Gasteiger partial charge on any atom is -0.483 e. The van der Waals surface area contributed by atoms with Gasteiger partial charge in [0, 0.05) is 18.4 Å². The number of thiophene rings is 1.